The number of carbonyl (C=O) groups is 2. The molecular weight excluding hydrogens is 362 g/mol. The molecule has 1 N–H and O–H groups in total. The number of nitrogens with one attached hydrogen (secondary N) is 1. The normalized spacial score (nSPS) is 11.3. The van der Waals surface area contributed by atoms with Crippen LogP contribution >= 0.6 is 11.6 Å². The van der Waals surface area contributed by atoms with E-state index < -0.39 is 11.8 Å². The molecule has 4 nitrogen and oxygen atoms in total. The Morgan fingerprint density at radius 1 is 1.00 bits per heavy atom. The highest BCUT2D eigenvalue weighted by atomic mass is 35.5. The molecule has 136 valence electrons. The fraction of sp³-hybridized carbons (Fsp3) is 0.0909. The Labute approximate surface area is 162 Å². The SMILES string of the molecule is CCOC(=O)C(=CNc1ccc2ccccc2c1)C(=O)c1ccccc1Cl. The van der Waals surface area contributed by atoms with Crippen molar-refractivity contribution in [2.75, 3.05) is 11.9 Å². The number of esters is 1. The van der Waals surface area contributed by atoms with E-state index in [1.54, 1.807) is 31.2 Å². The standard InChI is InChI=1S/C22H18ClNO3/c1-2-27-22(26)19(21(25)18-9-5-6-10-20(18)23)14-24-17-12-11-15-7-3-4-8-16(15)13-17/h3-14,24H,2H2,1H3. The Bertz CT molecular complexity index is 1030. The Balaban J connectivity index is 1.93. The number of Topliss-reactive ketones (excluding diaryl/α,β-unsaturated/α-hetero) is 1. The molecule has 3 aromatic rings. The van der Waals surface area contributed by atoms with Crippen LogP contribution in [0.15, 0.2) is 78.5 Å². The lowest BCUT2D eigenvalue weighted by Gasteiger charge is -2.09. The van der Waals surface area contributed by atoms with Gasteiger partial charge in [0.05, 0.1) is 11.6 Å². The zero-order chi connectivity index (χ0) is 19.2. The first-order valence-electron chi connectivity index (χ1n) is 8.52. The average molecular weight is 380 g/mol. The number of hydrogen-bond donors (Lipinski definition) is 1. The second kappa shape index (κ2) is 8.52. The van der Waals surface area contributed by atoms with Gasteiger partial charge >= 0.3 is 5.97 Å². The van der Waals surface area contributed by atoms with Gasteiger partial charge in [-0.1, -0.05) is 54.1 Å². The highest BCUT2D eigenvalue weighted by molar-refractivity contribution is 6.37. The first-order valence-corrected chi connectivity index (χ1v) is 8.90. The molecule has 27 heavy (non-hydrogen) atoms. The lowest BCUT2D eigenvalue weighted by atomic mass is 10.0. The topological polar surface area (TPSA) is 55.4 Å². The summed E-state index contributed by atoms with van der Waals surface area (Å²) in [5, 5.41) is 5.45. The largest absolute Gasteiger partial charge is 0.462 e. The highest BCUT2D eigenvalue weighted by Gasteiger charge is 2.23. The van der Waals surface area contributed by atoms with Gasteiger partial charge in [0.2, 0.25) is 5.78 Å². The Hall–Kier alpha value is -3.11. The van der Waals surface area contributed by atoms with Crippen LogP contribution in [-0.2, 0) is 9.53 Å². The summed E-state index contributed by atoms with van der Waals surface area (Å²) < 4.78 is 5.03. The summed E-state index contributed by atoms with van der Waals surface area (Å²) in [5.41, 5.74) is 0.888. The van der Waals surface area contributed by atoms with Crippen LogP contribution in [0.2, 0.25) is 5.02 Å². The first-order chi connectivity index (χ1) is 13.1. The van der Waals surface area contributed by atoms with E-state index in [4.69, 9.17) is 16.3 Å². The van der Waals surface area contributed by atoms with Gasteiger partial charge < -0.3 is 10.1 Å². The van der Waals surface area contributed by atoms with Crippen molar-refractivity contribution in [3.63, 3.8) is 0 Å². The van der Waals surface area contributed by atoms with Crippen LogP contribution in [0, 0.1) is 0 Å². The van der Waals surface area contributed by atoms with E-state index in [1.165, 1.54) is 6.20 Å². The number of rotatable bonds is 6. The molecule has 5 heteroatoms. The molecule has 0 unspecified atom stereocenters. The summed E-state index contributed by atoms with van der Waals surface area (Å²) in [6.45, 7) is 1.86. The molecule has 0 bridgehead atoms. The molecule has 0 aliphatic rings. The second-order valence-corrected chi connectivity index (χ2v) is 6.20. The van der Waals surface area contributed by atoms with Gasteiger partial charge in [-0.05, 0) is 42.0 Å². The van der Waals surface area contributed by atoms with Crippen molar-refractivity contribution in [3.05, 3.63) is 89.1 Å². The Morgan fingerprint density at radius 2 is 1.70 bits per heavy atom. The molecule has 3 aromatic carbocycles. The third-order valence-electron chi connectivity index (χ3n) is 3.99. The number of anilines is 1. The van der Waals surface area contributed by atoms with Gasteiger partial charge in [0.25, 0.3) is 0 Å². The average Bonchev–Trinajstić information content (AvgIpc) is 2.68. The van der Waals surface area contributed by atoms with Crippen molar-refractivity contribution in [2.45, 2.75) is 6.92 Å². The lowest BCUT2D eigenvalue weighted by molar-refractivity contribution is -0.138. The zero-order valence-electron chi connectivity index (χ0n) is 14.7. The predicted octanol–water partition coefficient (Wildman–Crippen LogP) is 5.24. The van der Waals surface area contributed by atoms with E-state index in [2.05, 4.69) is 5.32 Å². The van der Waals surface area contributed by atoms with E-state index in [0.717, 1.165) is 16.5 Å². The van der Waals surface area contributed by atoms with E-state index in [1.807, 2.05) is 42.5 Å². The van der Waals surface area contributed by atoms with Gasteiger partial charge in [-0.15, -0.1) is 0 Å². The number of ether oxygens (including phenoxy) is 1. The van der Waals surface area contributed by atoms with E-state index in [-0.39, 0.29) is 22.8 Å². The molecule has 0 fully saturated rings. The smallest absolute Gasteiger partial charge is 0.343 e. The Morgan fingerprint density at radius 3 is 2.44 bits per heavy atom. The number of carbonyl (C=O) groups excluding carboxylic acids is 2. The second-order valence-electron chi connectivity index (χ2n) is 5.79. The third kappa shape index (κ3) is 4.36. The summed E-state index contributed by atoms with van der Waals surface area (Å²) in [4.78, 5) is 25.1. The quantitative estimate of drug-likeness (QED) is 0.209. The van der Waals surface area contributed by atoms with Crippen LogP contribution < -0.4 is 5.32 Å². The number of benzene rings is 3. The molecule has 0 radical (unpaired) electrons. The van der Waals surface area contributed by atoms with E-state index in [9.17, 15) is 9.59 Å². The summed E-state index contributed by atoms with van der Waals surface area (Å²) in [6, 6.07) is 20.3. The number of fused-ring (bicyclic) bond motifs is 1. The van der Waals surface area contributed by atoms with Gasteiger partial charge in [0.1, 0.15) is 5.57 Å². The van der Waals surface area contributed by atoms with Crippen LogP contribution in [-0.4, -0.2) is 18.4 Å². The first kappa shape index (κ1) is 18.7. The maximum absolute atomic E-state index is 12.8. The van der Waals surface area contributed by atoms with Gasteiger partial charge in [0.15, 0.2) is 0 Å². The third-order valence-corrected chi connectivity index (χ3v) is 4.32. The van der Waals surface area contributed by atoms with Gasteiger partial charge in [-0.2, -0.15) is 0 Å². The van der Waals surface area contributed by atoms with Gasteiger partial charge in [-0.3, -0.25) is 4.79 Å². The highest BCUT2D eigenvalue weighted by Crippen LogP contribution is 2.21. The summed E-state index contributed by atoms with van der Waals surface area (Å²) in [6.07, 6.45) is 1.37. The minimum atomic E-state index is -0.698. The molecule has 0 aliphatic heterocycles. The maximum atomic E-state index is 12.8. The van der Waals surface area contributed by atoms with Crippen molar-refractivity contribution < 1.29 is 14.3 Å². The van der Waals surface area contributed by atoms with E-state index in [0.29, 0.717) is 0 Å². The predicted molar refractivity (Wildman–Crippen MR) is 108 cm³/mol. The lowest BCUT2D eigenvalue weighted by Crippen LogP contribution is -2.18. The maximum Gasteiger partial charge on any atom is 0.343 e. The van der Waals surface area contributed by atoms with Crippen LogP contribution in [0.25, 0.3) is 10.8 Å². The molecule has 0 aliphatic carbocycles. The minimum absolute atomic E-state index is 0.113. The zero-order valence-corrected chi connectivity index (χ0v) is 15.5. The van der Waals surface area contributed by atoms with Crippen LogP contribution in [0.5, 0.6) is 0 Å². The van der Waals surface area contributed by atoms with Crippen LogP contribution in [0.1, 0.15) is 17.3 Å². The fourth-order valence-corrected chi connectivity index (χ4v) is 2.87. The van der Waals surface area contributed by atoms with Crippen molar-refractivity contribution in [1.29, 1.82) is 0 Å². The summed E-state index contributed by atoms with van der Waals surface area (Å²) in [5.74, 6) is -1.19. The molecule has 0 saturated carbocycles. The molecule has 0 atom stereocenters. The molecule has 0 aromatic heterocycles. The molecular formula is C22H18ClNO3. The fourth-order valence-electron chi connectivity index (χ4n) is 2.65. The van der Waals surface area contributed by atoms with Crippen LogP contribution in [0.3, 0.4) is 0 Å². The summed E-state index contributed by atoms with van der Waals surface area (Å²) >= 11 is 6.11. The van der Waals surface area contributed by atoms with Gasteiger partial charge in [0, 0.05) is 17.5 Å². The number of halogens is 1. The van der Waals surface area contributed by atoms with Crippen molar-refractivity contribution >= 4 is 39.8 Å². The number of hydrogen-bond acceptors (Lipinski definition) is 4. The number of ketones is 1. The minimum Gasteiger partial charge on any atom is -0.462 e. The Kier molecular flexibility index (Phi) is 5.89. The molecule has 0 heterocycles. The van der Waals surface area contributed by atoms with Crippen molar-refractivity contribution in [2.24, 2.45) is 0 Å². The molecule has 0 amide bonds. The van der Waals surface area contributed by atoms with Crippen molar-refractivity contribution in [3.8, 4) is 0 Å². The monoisotopic (exact) mass is 379 g/mol. The summed E-state index contributed by atoms with van der Waals surface area (Å²) in [7, 11) is 0. The molecule has 3 rings (SSSR count). The van der Waals surface area contributed by atoms with Crippen molar-refractivity contribution in [1.82, 2.24) is 0 Å². The molecule has 0 spiro atoms. The van der Waals surface area contributed by atoms with E-state index >= 15 is 0 Å². The molecule has 0 saturated heterocycles. The van der Waals surface area contributed by atoms with Gasteiger partial charge in [-0.25, -0.2) is 4.79 Å². The van der Waals surface area contributed by atoms with Crippen LogP contribution in [0.4, 0.5) is 5.69 Å².